The molecule has 1 heterocycles. The van der Waals surface area contributed by atoms with E-state index in [0.717, 1.165) is 44.7 Å². The Hall–Kier alpha value is -2.65. The fourth-order valence-electron chi connectivity index (χ4n) is 3.68. The van der Waals surface area contributed by atoms with Gasteiger partial charge in [0.05, 0.1) is 13.2 Å². The highest BCUT2D eigenvalue weighted by Gasteiger charge is 2.22. The zero-order valence-electron chi connectivity index (χ0n) is 14.9. The average Bonchev–Trinajstić information content (AvgIpc) is 2.72. The SMILES string of the molecule is O=C(/C=C\C1=C(N2CCOCC2)Cc2ccccc2C1)c1ccccc1. The summed E-state index contributed by atoms with van der Waals surface area (Å²) in [5.74, 6) is 0.0540. The minimum atomic E-state index is 0.0540. The Labute approximate surface area is 154 Å². The Morgan fingerprint density at radius 3 is 2.27 bits per heavy atom. The molecule has 0 bridgehead atoms. The number of carbonyl (C=O) groups is 1. The summed E-state index contributed by atoms with van der Waals surface area (Å²) >= 11 is 0. The van der Waals surface area contributed by atoms with Crippen LogP contribution in [0, 0.1) is 0 Å². The molecular formula is C23H23NO2. The molecule has 0 amide bonds. The summed E-state index contributed by atoms with van der Waals surface area (Å²) in [4.78, 5) is 14.9. The number of hydrogen-bond donors (Lipinski definition) is 0. The molecule has 4 rings (SSSR count). The number of hydrogen-bond acceptors (Lipinski definition) is 3. The van der Waals surface area contributed by atoms with E-state index in [9.17, 15) is 4.79 Å². The van der Waals surface area contributed by atoms with Gasteiger partial charge < -0.3 is 9.64 Å². The number of nitrogens with zero attached hydrogens (tertiary/aromatic N) is 1. The number of allylic oxidation sites excluding steroid dienone is 4. The lowest BCUT2D eigenvalue weighted by Crippen LogP contribution is -2.37. The first-order valence-corrected chi connectivity index (χ1v) is 9.20. The van der Waals surface area contributed by atoms with E-state index in [1.807, 2.05) is 36.4 Å². The first kappa shape index (κ1) is 16.8. The van der Waals surface area contributed by atoms with Gasteiger partial charge >= 0.3 is 0 Å². The fraction of sp³-hybridized carbons (Fsp3) is 0.261. The van der Waals surface area contributed by atoms with Crippen LogP contribution in [0.3, 0.4) is 0 Å². The monoisotopic (exact) mass is 345 g/mol. The quantitative estimate of drug-likeness (QED) is 0.623. The van der Waals surface area contributed by atoms with Gasteiger partial charge in [0.2, 0.25) is 0 Å². The normalized spacial score (nSPS) is 17.5. The van der Waals surface area contributed by atoms with Crippen LogP contribution < -0.4 is 0 Å². The standard InChI is InChI=1S/C23H23NO2/c25-23(18-6-2-1-3-7-18)11-10-21-16-19-8-4-5-9-20(19)17-22(21)24-12-14-26-15-13-24/h1-11H,12-17H2/b11-10-. The van der Waals surface area contributed by atoms with Crippen molar-refractivity contribution >= 4 is 5.78 Å². The highest BCUT2D eigenvalue weighted by atomic mass is 16.5. The Morgan fingerprint density at radius 2 is 1.54 bits per heavy atom. The predicted molar refractivity (Wildman–Crippen MR) is 103 cm³/mol. The summed E-state index contributed by atoms with van der Waals surface area (Å²) in [7, 11) is 0. The molecule has 2 aliphatic rings. The number of morpholine rings is 1. The zero-order chi connectivity index (χ0) is 17.8. The van der Waals surface area contributed by atoms with Crippen LogP contribution in [0.2, 0.25) is 0 Å². The highest BCUT2D eigenvalue weighted by molar-refractivity contribution is 6.04. The molecule has 0 radical (unpaired) electrons. The van der Waals surface area contributed by atoms with Crippen LogP contribution in [0.15, 0.2) is 78.0 Å². The number of ketones is 1. The second-order valence-corrected chi connectivity index (χ2v) is 6.76. The van der Waals surface area contributed by atoms with Gasteiger partial charge in [0.25, 0.3) is 0 Å². The molecule has 3 nitrogen and oxygen atoms in total. The van der Waals surface area contributed by atoms with Crippen LogP contribution in [-0.2, 0) is 17.6 Å². The minimum absolute atomic E-state index is 0.0540. The summed E-state index contributed by atoms with van der Waals surface area (Å²) in [6, 6.07) is 18.1. The molecule has 0 aromatic heterocycles. The third-order valence-electron chi connectivity index (χ3n) is 5.11. The summed E-state index contributed by atoms with van der Waals surface area (Å²) in [6.07, 6.45) is 5.55. The molecule has 1 aliphatic heterocycles. The topological polar surface area (TPSA) is 29.5 Å². The van der Waals surface area contributed by atoms with Crippen LogP contribution in [0.4, 0.5) is 0 Å². The lowest BCUT2D eigenvalue weighted by Gasteiger charge is -2.35. The molecule has 1 aliphatic carbocycles. The van der Waals surface area contributed by atoms with Gasteiger partial charge in [0, 0.05) is 30.8 Å². The van der Waals surface area contributed by atoms with Gasteiger partial charge in [0.1, 0.15) is 0 Å². The molecular weight excluding hydrogens is 322 g/mol. The maximum atomic E-state index is 12.5. The van der Waals surface area contributed by atoms with Crippen molar-refractivity contribution in [2.45, 2.75) is 12.8 Å². The van der Waals surface area contributed by atoms with Crippen molar-refractivity contribution in [2.24, 2.45) is 0 Å². The molecule has 0 saturated carbocycles. The lowest BCUT2D eigenvalue weighted by molar-refractivity contribution is 0.0520. The van der Waals surface area contributed by atoms with Crippen molar-refractivity contribution in [1.82, 2.24) is 4.90 Å². The van der Waals surface area contributed by atoms with Gasteiger partial charge in [-0.2, -0.15) is 0 Å². The largest absolute Gasteiger partial charge is 0.378 e. The Balaban J connectivity index is 1.63. The molecule has 0 unspecified atom stereocenters. The molecule has 2 aromatic carbocycles. The van der Waals surface area contributed by atoms with Crippen LogP contribution in [-0.4, -0.2) is 37.0 Å². The molecule has 3 heteroatoms. The summed E-state index contributed by atoms with van der Waals surface area (Å²) in [5.41, 5.74) is 6.06. The molecule has 0 N–H and O–H groups in total. The van der Waals surface area contributed by atoms with Crippen LogP contribution in [0.1, 0.15) is 21.5 Å². The van der Waals surface area contributed by atoms with Crippen LogP contribution in [0.25, 0.3) is 0 Å². The van der Waals surface area contributed by atoms with E-state index in [0.29, 0.717) is 0 Å². The van der Waals surface area contributed by atoms with Crippen molar-refractivity contribution in [3.05, 3.63) is 94.7 Å². The van der Waals surface area contributed by atoms with E-state index in [-0.39, 0.29) is 5.78 Å². The van der Waals surface area contributed by atoms with E-state index < -0.39 is 0 Å². The molecule has 132 valence electrons. The Bertz CT molecular complexity index is 846. The lowest BCUT2D eigenvalue weighted by atomic mass is 9.88. The maximum Gasteiger partial charge on any atom is 0.185 e. The van der Waals surface area contributed by atoms with E-state index in [2.05, 4.69) is 29.2 Å². The third kappa shape index (κ3) is 3.63. The molecule has 1 saturated heterocycles. The van der Waals surface area contributed by atoms with Crippen molar-refractivity contribution in [3.63, 3.8) is 0 Å². The fourth-order valence-corrected chi connectivity index (χ4v) is 3.68. The average molecular weight is 345 g/mol. The number of rotatable bonds is 4. The molecule has 0 spiro atoms. The number of ether oxygens (including phenoxy) is 1. The van der Waals surface area contributed by atoms with Gasteiger partial charge in [-0.1, -0.05) is 60.7 Å². The van der Waals surface area contributed by atoms with Gasteiger partial charge in [0.15, 0.2) is 5.78 Å². The summed E-state index contributed by atoms with van der Waals surface area (Å²) in [6.45, 7) is 3.37. The summed E-state index contributed by atoms with van der Waals surface area (Å²) < 4.78 is 5.51. The van der Waals surface area contributed by atoms with Crippen molar-refractivity contribution in [3.8, 4) is 0 Å². The molecule has 0 atom stereocenters. The minimum Gasteiger partial charge on any atom is -0.378 e. The van der Waals surface area contributed by atoms with Gasteiger partial charge in [-0.05, 0) is 29.2 Å². The van der Waals surface area contributed by atoms with Crippen molar-refractivity contribution in [2.75, 3.05) is 26.3 Å². The third-order valence-corrected chi connectivity index (χ3v) is 5.11. The van der Waals surface area contributed by atoms with Crippen molar-refractivity contribution < 1.29 is 9.53 Å². The molecule has 1 fully saturated rings. The number of benzene rings is 2. The Morgan fingerprint density at radius 1 is 0.885 bits per heavy atom. The Kier molecular flexibility index (Phi) is 4.98. The van der Waals surface area contributed by atoms with Gasteiger partial charge in [-0.15, -0.1) is 0 Å². The highest BCUT2D eigenvalue weighted by Crippen LogP contribution is 2.29. The molecule has 26 heavy (non-hydrogen) atoms. The molecule has 2 aromatic rings. The van der Waals surface area contributed by atoms with E-state index in [1.165, 1.54) is 22.4 Å². The van der Waals surface area contributed by atoms with Crippen LogP contribution in [0.5, 0.6) is 0 Å². The predicted octanol–water partition coefficient (Wildman–Crippen LogP) is 3.81. The zero-order valence-corrected chi connectivity index (χ0v) is 14.9. The van der Waals surface area contributed by atoms with Gasteiger partial charge in [-0.25, -0.2) is 0 Å². The van der Waals surface area contributed by atoms with E-state index >= 15 is 0 Å². The first-order chi connectivity index (χ1) is 12.8. The van der Waals surface area contributed by atoms with Gasteiger partial charge in [-0.3, -0.25) is 4.79 Å². The second kappa shape index (κ2) is 7.71. The smallest absolute Gasteiger partial charge is 0.185 e. The number of carbonyl (C=O) groups excluding carboxylic acids is 1. The van der Waals surface area contributed by atoms with Crippen LogP contribution >= 0.6 is 0 Å². The first-order valence-electron chi connectivity index (χ1n) is 9.20. The number of fused-ring (bicyclic) bond motifs is 1. The van der Waals surface area contributed by atoms with E-state index in [4.69, 9.17) is 4.74 Å². The van der Waals surface area contributed by atoms with E-state index in [1.54, 1.807) is 6.08 Å². The second-order valence-electron chi connectivity index (χ2n) is 6.76. The maximum absolute atomic E-state index is 12.5. The summed E-state index contributed by atoms with van der Waals surface area (Å²) in [5, 5.41) is 0. The van der Waals surface area contributed by atoms with Crippen molar-refractivity contribution in [1.29, 1.82) is 0 Å².